The summed E-state index contributed by atoms with van der Waals surface area (Å²) in [4.78, 5) is 25.7. The largest absolute Gasteiger partial charge is 0.465 e. The van der Waals surface area contributed by atoms with Crippen LogP contribution >= 0.6 is 0 Å². The van der Waals surface area contributed by atoms with Crippen molar-refractivity contribution in [2.75, 3.05) is 32.1 Å². The highest BCUT2D eigenvalue weighted by Gasteiger charge is 2.33. The fourth-order valence-corrected chi connectivity index (χ4v) is 2.32. The summed E-state index contributed by atoms with van der Waals surface area (Å²) in [5.41, 5.74) is -1.33. The van der Waals surface area contributed by atoms with E-state index in [9.17, 15) is 22.8 Å². The van der Waals surface area contributed by atoms with Crippen molar-refractivity contribution in [2.45, 2.75) is 6.18 Å². The molecule has 0 aliphatic heterocycles. The number of para-hydroxylation sites is 1. The first-order chi connectivity index (χ1) is 13.3. The number of amides is 2. The van der Waals surface area contributed by atoms with Gasteiger partial charge in [0, 0.05) is 19.7 Å². The Labute approximate surface area is 159 Å². The summed E-state index contributed by atoms with van der Waals surface area (Å²) in [6, 6.07) is 7.92. The summed E-state index contributed by atoms with van der Waals surface area (Å²) in [6.07, 6.45) is -0.524. The first-order valence-corrected chi connectivity index (χ1v) is 8.26. The molecule has 0 saturated heterocycles. The third kappa shape index (κ3) is 6.27. The second-order valence-corrected chi connectivity index (χ2v) is 5.69. The van der Waals surface area contributed by atoms with Crippen LogP contribution < -0.4 is 5.32 Å². The lowest BCUT2D eigenvalue weighted by Gasteiger charge is -2.21. The lowest BCUT2D eigenvalue weighted by Crippen LogP contribution is -2.39. The minimum absolute atomic E-state index is 0.0895. The maximum Gasteiger partial charge on any atom is 0.418 e. The molecule has 2 rings (SSSR count). The number of nitrogens with zero attached hydrogens (tertiary/aromatic N) is 1. The molecule has 9 heteroatoms. The smallest absolute Gasteiger partial charge is 0.418 e. The van der Waals surface area contributed by atoms with E-state index in [-0.39, 0.29) is 18.8 Å². The molecule has 1 heterocycles. The fourth-order valence-electron chi connectivity index (χ4n) is 2.32. The van der Waals surface area contributed by atoms with E-state index in [0.717, 1.165) is 17.0 Å². The number of hydrogen-bond acceptors (Lipinski definition) is 4. The van der Waals surface area contributed by atoms with Gasteiger partial charge >= 0.3 is 6.18 Å². The summed E-state index contributed by atoms with van der Waals surface area (Å²) in [5, 5.41) is 2.21. The van der Waals surface area contributed by atoms with Gasteiger partial charge in [-0.2, -0.15) is 13.2 Å². The number of halogens is 3. The zero-order chi connectivity index (χ0) is 20.6. The second kappa shape index (κ2) is 9.75. The monoisotopic (exact) mass is 396 g/mol. The van der Waals surface area contributed by atoms with E-state index in [2.05, 4.69) is 5.32 Å². The molecule has 0 unspecified atom stereocenters. The number of hydrogen-bond donors (Lipinski definition) is 1. The molecule has 150 valence electrons. The molecule has 0 aliphatic carbocycles. The Morgan fingerprint density at radius 2 is 1.96 bits per heavy atom. The van der Waals surface area contributed by atoms with Crippen LogP contribution in [0.4, 0.5) is 18.9 Å². The first kappa shape index (κ1) is 21.2. The van der Waals surface area contributed by atoms with Gasteiger partial charge in [-0.25, -0.2) is 0 Å². The fraction of sp³-hybridized carbons (Fsp3) is 0.263. The van der Waals surface area contributed by atoms with Gasteiger partial charge in [0.25, 0.3) is 0 Å². The highest BCUT2D eigenvalue weighted by atomic mass is 19.4. The van der Waals surface area contributed by atoms with Crippen LogP contribution in [0.3, 0.4) is 0 Å². The average Bonchev–Trinajstić information content (AvgIpc) is 3.16. The predicted octanol–water partition coefficient (Wildman–Crippen LogP) is 3.43. The van der Waals surface area contributed by atoms with Crippen molar-refractivity contribution in [3.8, 4) is 0 Å². The number of methoxy groups -OCH3 is 1. The minimum Gasteiger partial charge on any atom is -0.465 e. The van der Waals surface area contributed by atoms with Crippen molar-refractivity contribution in [3.05, 3.63) is 60.1 Å². The van der Waals surface area contributed by atoms with Crippen molar-refractivity contribution < 1.29 is 31.9 Å². The third-order valence-corrected chi connectivity index (χ3v) is 3.65. The summed E-state index contributed by atoms with van der Waals surface area (Å²) in [7, 11) is 1.43. The van der Waals surface area contributed by atoms with Gasteiger partial charge in [-0.05, 0) is 30.3 Å². The lowest BCUT2D eigenvalue weighted by atomic mass is 10.1. The van der Waals surface area contributed by atoms with Crippen LogP contribution in [0.5, 0.6) is 0 Å². The van der Waals surface area contributed by atoms with Gasteiger partial charge in [0.15, 0.2) is 0 Å². The number of ether oxygens (including phenoxy) is 1. The molecule has 1 aromatic heterocycles. The van der Waals surface area contributed by atoms with E-state index >= 15 is 0 Å². The Morgan fingerprint density at radius 1 is 1.21 bits per heavy atom. The van der Waals surface area contributed by atoms with Crippen molar-refractivity contribution in [2.24, 2.45) is 0 Å². The molecule has 0 radical (unpaired) electrons. The SMILES string of the molecule is COCCN(CC(=O)Nc1ccccc1C(F)(F)F)C(=O)/C=C/c1ccco1. The zero-order valence-corrected chi connectivity index (χ0v) is 15.0. The van der Waals surface area contributed by atoms with Gasteiger partial charge in [-0.3, -0.25) is 9.59 Å². The molecule has 0 fully saturated rings. The number of carbonyl (C=O) groups excluding carboxylic acids is 2. The van der Waals surface area contributed by atoms with E-state index in [1.165, 1.54) is 37.7 Å². The second-order valence-electron chi connectivity index (χ2n) is 5.69. The van der Waals surface area contributed by atoms with Crippen LogP contribution in [0.2, 0.25) is 0 Å². The van der Waals surface area contributed by atoms with Crippen molar-refractivity contribution >= 4 is 23.6 Å². The zero-order valence-electron chi connectivity index (χ0n) is 15.0. The van der Waals surface area contributed by atoms with Gasteiger partial charge in [-0.1, -0.05) is 12.1 Å². The highest BCUT2D eigenvalue weighted by molar-refractivity contribution is 5.98. The summed E-state index contributed by atoms with van der Waals surface area (Å²) < 4.78 is 49.1. The molecule has 1 aromatic carbocycles. The minimum atomic E-state index is -4.61. The Kier molecular flexibility index (Phi) is 7.39. The van der Waals surface area contributed by atoms with Crippen molar-refractivity contribution in [1.29, 1.82) is 0 Å². The Hall–Kier alpha value is -3.07. The maximum atomic E-state index is 13.0. The number of rotatable bonds is 8. The Bertz CT molecular complexity index is 817. The Morgan fingerprint density at radius 3 is 2.61 bits per heavy atom. The number of anilines is 1. The molecular weight excluding hydrogens is 377 g/mol. The van der Waals surface area contributed by atoms with Gasteiger partial charge < -0.3 is 19.4 Å². The molecule has 0 saturated carbocycles. The van der Waals surface area contributed by atoms with Gasteiger partial charge in [0.05, 0.1) is 24.1 Å². The van der Waals surface area contributed by atoms with Crippen molar-refractivity contribution in [3.63, 3.8) is 0 Å². The number of alkyl halides is 3. The number of furan rings is 1. The van der Waals surface area contributed by atoms with Crippen LogP contribution in [-0.2, 0) is 20.5 Å². The molecular formula is C19H19F3N2O4. The molecule has 0 aliphatic rings. The van der Waals surface area contributed by atoms with E-state index in [4.69, 9.17) is 9.15 Å². The number of nitrogens with one attached hydrogen (secondary N) is 1. The van der Waals surface area contributed by atoms with Crippen LogP contribution in [0.1, 0.15) is 11.3 Å². The average molecular weight is 396 g/mol. The molecule has 2 aromatic rings. The molecule has 2 amide bonds. The molecule has 28 heavy (non-hydrogen) atoms. The van der Waals surface area contributed by atoms with E-state index in [1.54, 1.807) is 12.1 Å². The van der Waals surface area contributed by atoms with Gasteiger partial charge in [0.1, 0.15) is 12.3 Å². The summed E-state index contributed by atoms with van der Waals surface area (Å²) >= 11 is 0. The standard InChI is InChI=1S/C19H19F3N2O4/c1-27-12-10-24(18(26)9-8-14-5-4-11-28-14)13-17(25)23-16-7-3-2-6-15(16)19(20,21)22/h2-9,11H,10,12-13H2,1H3,(H,23,25)/b9-8+. The summed E-state index contributed by atoms with van der Waals surface area (Å²) in [5.74, 6) is -0.816. The molecule has 6 nitrogen and oxygen atoms in total. The van der Waals surface area contributed by atoms with E-state index in [1.807, 2.05) is 0 Å². The summed E-state index contributed by atoms with van der Waals surface area (Å²) in [6.45, 7) is -0.185. The molecule has 0 spiro atoms. The highest BCUT2D eigenvalue weighted by Crippen LogP contribution is 2.34. The lowest BCUT2D eigenvalue weighted by molar-refractivity contribution is -0.137. The van der Waals surface area contributed by atoms with E-state index < -0.39 is 30.1 Å². The number of carbonyl (C=O) groups is 2. The first-order valence-electron chi connectivity index (χ1n) is 8.26. The van der Waals surface area contributed by atoms with Gasteiger partial charge in [-0.15, -0.1) is 0 Å². The Balaban J connectivity index is 2.07. The molecule has 0 bridgehead atoms. The van der Waals surface area contributed by atoms with Gasteiger partial charge in [0.2, 0.25) is 11.8 Å². The van der Waals surface area contributed by atoms with Crippen LogP contribution in [0, 0.1) is 0 Å². The predicted molar refractivity (Wildman–Crippen MR) is 96.3 cm³/mol. The van der Waals surface area contributed by atoms with Crippen molar-refractivity contribution in [1.82, 2.24) is 4.90 Å². The third-order valence-electron chi connectivity index (χ3n) is 3.65. The van der Waals surface area contributed by atoms with Crippen LogP contribution in [0.15, 0.2) is 53.2 Å². The topological polar surface area (TPSA) is 71.8 Å². The maximum absolute atomic E-state index is 13.0. The molecule has 1 N–H and O–H groups in total. The molecule has 0 atom stereocenters. The van der Waals surface area contributed by atoms with Crippen LogP contribution in [0.25, 0.3) is 6.08 Å². The van der Waals surface area contributed by atoms with E-state index in [0.29, 0.717) is 5.76 Å². The quantitative estimate of drug-likeness (QED) is 0.694. The van der Waals surface area contributed by atoms with Crippen LogP contribution in [-0.4, -0.2) is 43.5 Å². The normalized spacial score (nSPS) is 11.6. The number of benzene rings is 1.